The van der Waals surface area contributed by atoms with Crippen LogP contribution in [0.25, 0.3) is 0 Å². The van der Waals surface area contributed by atoms with E-state index in [1.807, 2.05) is 0 Å². The van der Waals surface area contributed by atoms with Crippen molar-refractivity contribution in [2.45, 2.75) is 25.7 Å². The van der Waals surface area contributed by atoms with Crippen LogP contribution in [0.5, 0.6) is 0 Å². The van der Waals surface area contributed by atoms with E-state index in [2.05, 4.69) is 41.2 Å². The van der Waals surface area contributed by atoms with E-state index in [1.54, 1.807) is 7.11 Å². The Kier molecular flexibility index (Phi) is 29.4. The van der Waals surface area contributed by atoms with Crippen LogP contribution in [0.2, 0.25) is 0 Å². The van der Waals surface area contributed by atoms with E-state index in [0.29, 0.717) is 0 Å². The van der Waals surface area contributed by atoms with Crippen LogP contribution < -0.4 is 42.5 Å². The average Bonchev–Trinajstić information content (AvgIpc) is 2.46. The number of methoxy groups -OCH3 is 1. The van der Waals surface area contributed by atoms with Gasteiger partial charge in [-0.05, 0) is 86.2 Å². The van der Waals surface area contributed by atoms with Crippen molar-refractivity contribution in [2.75, 3.05) is 74.1 Å². The molecule has 1 heterocycles. The van der Waals surface area contributed by atoms with Crippen LogP contribution in [0.1, 0.15) is 25.7 Å². The third-order valence-electron chi connectivity index (χ3n) is 4.19. The zero-order valence-corrected chi connectivity index (χ0v) is 20.0. The molecule has 1 N–H and O–H groups in total. The van der Waals surface area contributed by atoms with Gasteiger partial charge in [-0.25, -0.2) is 0 Å². The number of rotatable bonds is 1. The number of nitrogens with zero attached hydrogens (tertiary/aromatic N) is 3. The molecule has 1 aliphatic rings. The number of hydrogen-bond donors (Lipinski definition) is 1. The van der Waals surface area contributed by atoms with Crippen LogP contribution in [0.4, 0.5) is 0 Å². The molecular weight excluding hydrogens is 418 g/mol. The summed E-state index contributed by atoms with van der Waals surface area (Å²) in [7, 11) is 8.36. The van der Waals surface area contributed by atoms with Crippen LogP contribution in [-0.4, -0.2) is 88.8 Å². The first-order valence-electron chi connectivity index (χ1n) is 8.32. The molecule has 0 unspecified atom stereocenters. The maximum Gasteiger partial charge on any atom is 4.00 e. The number of hydrogen-bond acceptors (Lipinski definition) is 5. The Hall–Kier alpha value is 1.38. The number of ether oxygens (including phenoxy) is 1. The van der Waals surface area contributed by atoms with Crippen molar-refractivity contribution >= 4 is 0 Å². The van der Waals surface area contributed by atoms with E-state index in [0.717, 1.165) is 51.9 Å². The molecule has 1 fully saturated rings. The predicted octanol–water partition coefficient (Wildman–Crippen LogP) is -7.91. The molecule has 0 aromatic rings. The van der Waals surface area contributed by atoms with Gasteiger partial charge in [-0.15, -0.1) is 12.6 Å². The van der Waals surface area contributed by atoms with Gasteiger partial charge in [0.1, 0.15) is 0 Å². The van der Waals surface area contributed by atoms with Crippen molar-refractivity contribution in [2.24, 2.45) is 0 Å². The fraction of sp³-hybridized carbons (Fsp3) is 0.938. The molecule has 0 aromatic heterocycles. The summed E-state index contributed by atoms with van der Waals surface area (Å²) in [5, 5.41) is 3.54. The Morgan fingerprint density at radius 2 is 1.24 bits per heavy atom. The van der Waals surface area contributed by atoms with E-state index < -0.39 is 0 Å². The van der Waals surface area contributed by atoms with Crippen LogP contribution in [0.3, 0.4) is 0 Å². The molecule has 0 aliphatic carbocycles. The molecular formula is C16H35Cl3N4OTi. The second-order valence-corrected chi connectivity index (χ2v) is 6.19. The fourth-order valence-corrected chi connectivity index (χ4v) is 2.73. The van der Waals surface area contributed by atoms with E-state index in [4.69, 9.17) is 4.74 Å². The first-order valence-corrected chi connectivity index (χ1v) is 8.32. The molecule has 25 heavy (non-hydrogen) atoms. The standard InChI is InChI=1S/C16H35N4O.3ClH.Ti/c1-18-11-5-9-17-10-6-12-19(2)15-8-16(21-4)20(3)14-7-13-18;;;;/h17H,5-15H2,1-4H3;3*1H;/q-1;;;;+4/p-3. The summed E-state index contributed by atoms with van der Waals surface area (Å²) >= 11 is 0. The molecule has 5 nitrogen and oxygen atoms in total. The van der Waals surface area contributed by atoms with Crippen molar-refractivity contribution in [3.05, 3.63) is 6.23 Å². The Labute approximate surface area is 189 Å². The first-order chi connectivity index (χ1) is 10.1. The normalized spacial score (nSPS) is 21.1. The van der Waals surface area contributed by atoms with Crippen LogP contribution in [-0.2, 0) is 26.5 Å². The second kappa shape index (κ2) is 21.7. The molecule has 0 bridgehead atoms. The smallest absolute Gasteiger partial charge is 1.00 e. The van der Waals surface area contributed by atoms with Crippen molar-refractivity contribution in [3.8, 4) is 0 Å². The summed E-state index contributed by atoms with van der Waals surface area (Å²) in [4.78, 5) is 7.10. The van der Waals surface area contributed by atoms with Crippen LogP contribution in [0.15, 0.2) is 0 Å². The van der Waals surface area contributed by atoms with Crippen molar-refractivity contribution in [1.82, 2.24) is 20.0 Å². The van der Waals surface area contributed by atoms with Gasteiger partial charge in [0.05, 0.1) is 0 Å². The topological polar surface area (TPSA) is 31.0 Å². The Balaban J connectivity index is -0.000000551. The third kappa shape index (κ3) is 17.2. The Bertz CT molecular complexity index is 272. The summed E-state index contributed by atoms with van der Waals surface area (Å²) in [6.07, 6.45) is 5.73. The molecule has 0 amide bonds. The molecule has 0 radical (unpaired) electrons. The molecule has 9 heteroatoms. The van der Waals surface area contributed by atoms with Gasteiger partial charge in [0.25, 0.3) is 0 Å². The van der Waals surface area contributed by atoms with Gasteiger partial charge in [0, 0.05) is 7.11 Å². The summed E-state index contributed by atoms with van der Waals surface area (Å²) in [6.45, 7) is 7.86. The van der Waals surface area contributed by atoms with Gasteiger partial charge in [0.2, 0.25) is 0 Å². The molecule has 1 aliphatic heterocycles. The van der Waals surface area contributed by atoms with Crippen LogP contribution >= 0.6 is 0 Å². The molecule has 0 spiro atoms. The Morgan fingerprint density at radius 1 is 0.760 bits per heavy atom. The fourth-order valence-electron chi connectivity index (χ4n) is 2.73. The maximum absolute atomic E-state index is 5.57. The second-order valence-electron chi connectivity index (χ2n) is 6.19. The number of nitrogens with one attached hydrogen (secondary N) is 1. The largest absolute Gasteiger partial charge is 4.00 e. The van der Waals surface area contributed by atoms with E-state index >= 15 is 0 Å². The van der Waals surface area contributed by atoms with Crippen LogP contribution in [0, 0.1) is 6.23 Å². The van der Waals surface area contributed by atoms with Gasteiger partial charge in [-0.2, -0.15) is 0 Å². The summed E-state index contributed by atoms with van der Waals surface area (Å²) in [5.41, 5.74) is 0. The molecule has 0 aromatic carbocycles. The van der Waals surface area contributed by atoms with Crippen molar-refractivity contribution in [3.63, 3.8) is 0 Å². The maximum atomic E-state index is 5.57. The monoisotopic (exact) mass is 452 g/mol. The van der Waals surface area contributed by atoms with E-state index in [-0.39, 0.29) is 58.9 Å². The molecule has 0 saturated carbocycles. The van der Waals surface area contributed by atoms with Crippen molar-refractivity contribution < 1.29 is 63.7 Å². The molecule has 0 atom stereocenters. The number of halogens is 3. The molecule has 1 rings (SSSR count). The SMILES string of the molecule is CO[C-]1CCN(C)CCCNCCCN(C)CCCN1C.[Cl-].[Cl-].[Cl-].[Ti+4]. The van der Waals surface area contributed by atoms with Crippen molar-refractivity contribution in [1.29, 1.82) is 0 Å². The van der Waals surface area contributed by atoms with Gasteiger partial charge in [0.15, 0.2) is 0 Å². The first kappa shape index (κ1) is 33.9. The van der Waals surface area contributed by atoms with E-state index in [9.17, 15) is 0 Å². The minimum atomic E-state index is 0. The Morgan fingerprint density at radius 3 is 1.76 bits per heavy atom. The predicted molar refractivity (Wildman–Crippen MR) is 89.2 cm³/mol. The minimum absolute atomic E-state index is 0. The average molecular weight is 454 g/mol. The quantitative estimate of drug-likeness (QED) is 0.315. The molecule has 1 saturated heterocycles. The molecule has 150 valence electrons. The third-order valence-corrected chi connectivity index (χ3v) is 4.19. The minimum Gasteiger partial charge on any atom is -1.00 e. The summed E-state index contributed by atoms with van der Waals surface area (Å²) in [5.74, 6) is 0. The summed E-state index contributed by atoms with van der Waals surface area (Å²) < 4.78 is 5.57. The zero-order valence-electron chi connectivity index (χ0n) is 16.2. The summed E-state index contributed by atoms with van der Waals surface area (Å²) in [6, 6.07) is 0. The zero-order chi connectivity index (χ0) is 15.5. The van der Waals surface area contributed by atoms with Gasteiger partial charge >= 0.3 is 21.7 Å². The van der Waals surface area contributed by atoms with E-state index in [1.165, 1.54) is 25.8 Å². The van der Waals surface area contributed by atoms with Gasteiger partial charge < -0.3 is 62.0 Å². The van der Waals surface area contributed by atoms with Gasteiger partial charge in [-0.1, -0.05) is 0 Å². The van der Waals surface area contributed by atoms with Gasteiger partial charge in [-0.3, -0.25) is 0 Å².